The minimum atomic E-state index is -0.459. The van der Waals surface area contributed by atoms with Gasteiger partial charge in [0.2, 0.25) is 5.91 Å². The van der Waals surface area contributed by atoms with Crippen molar-refractivity contribution in [2.45, 2.75) is 71.3 Å². The van der Waals surface area contributed by atoms with Gasteiger partial charge >= 0.3 is 0 Å². The van der Waals surface area contributed by atoms with Crippen LogP contribution in [0.1, 0.15) is 79.1 Å². The fraction of sp³-hybridized carbons (Fsp3) is 0.700. The highest BCUT2D eigenvalue weighted by molar-refractivity contribution is 7.17. The second-order valence-electron chi connectivity index (χ2n) is 7.52. The maximum Gasteiger partial charge on any atom is 0.251 e. The molecule has 0 bridgehead atoms. The molecule has 0 spiro atoms. The standard InChI is InChI=1S/C20H30N2O3S/c1-2-3-4-5-6-7-8-13-11-15(13)19(24)22-20-17(18(21)23)14-9-10-25-12-16(14)26-20/h13,15H,2-12H2,1H3,(H2,21,23)(H,22,24). The Hall–Kier alpha value is -1.40. The zero-order valence-corrected chi connectivity index (χ0v) is 16.5. The van der Waals surface area contributed by atoms with Crippen LogP contribution in [0.25, 0.3) is 0 Å². The molecule has 1 fully saturated rings. The normalized spacial score (nSPS) is 21.3. The van der Waals surface area contributed by atoms with E-state index in [0.717, 1.165) is 23.3 Å². The molecule has 2 atom stereocenters. The lowest BCUT2D eigenvalue weighted by Gasteiger charge is -2.12. The van der Waals surface area contributed by atoms with Crippen molar-refractivity contribution < 1.29 is 14.3 Å². The van der Waals surface area contributed by atoms with Crippen molar-refractivity contribution in [3.05, 3.63) is 16.0 Å². The van der Waals surface area contributed by atoms with E-state index < -0.39 is 5.91 Å². The Morgan fingerprint density at radius 3 is 2.77 bits per heavy atom. The molecule has 1 aromatic heterocycles. The molecule has 6 heteroatoms. The van der Waals surface area contributed by atoms with Gasteiger partial charge in [0.15, 0.2) is 0 Å². The molecule has 1 saturated carbocycles. The van der Waals surface area contributed by atoms with E-state index in [0.29, 0.717) is 36.1 Å². The highest BCUT2D eigenvalue weighted by Crippen LogP contribution is 2.44. The lowest BCUT2D eigenvalue weighted by atomic mass is 10.1. The summed E-state index contributed by atoms with van der Waals surface area (Å²) in [6.07, 6.45) is 10.5. The molecule has 0 aromatic carbocycles. The first kappa shape index (κ1) is 19.4. The van der Waals surface area contributed by atoms with E-state index in [1.54, 1.807) is 0 Å². The maximum atomic E-state index is 12.6. The fourth-order valence-corrected chi connectivity index (χ4v) is 5.05. The van der Waals surface area contributed by atoms with Gasteiger partial charge in [-0.05, 0) is 30.7 Å². The molecule has 2 heterocycles. The number of rotatable bonds is 10. The first-order chi connectivity index (χ1) is 12.6. The molecule has 1 aliphatic heterocycles. The van der Waals surface area contributed by atoms with E-state index >= 15 is 0 Å². The first-order valence-corrected chi connectivity index (χ1v) is 10.8. The number of hydrogen-bond acceptors (Lipinski definition) is 4. The van der Waals surface area contributed by atoms with Gasteiger partial charge in [-0.2, -0.15) is 0 Å². The Kier molecular flexibility index (Phi) is 6.70. The Bertz CT molecular complexity index is 656. The summed E-state index contributed by atoms with van der Waals surface area (Å²) in [5, 5.41) is 3.60. The van der Waals surface area contributed by atoms with Gasteiger partial charge in [-0.3, -0.25) is 9.59 Å². The number of primary amides is 1. The fourth-order valence-electron chi connectivity index (χ4n) is 3.86. The largest absolute Gasteiger partial charge is 0.376 e. The van der Waals surface area contributed by atoms with Gasteiger partial charge in [0.25, 0.3) is 5.91 Å². The van der Waals surface area contributed by atoms with Gasteiger partial charge in [0.1, 0.15) is 5.00 Å². The van der Waals surface area contributed by atoms with E-state index in [-0.39, 0.29) is 11.8 Å². The van der Waals surface area contributed by atoms with E-state index in [1.165, 1.54) is 49.9 Å². The van der Waals surface area contributed by atoms with Crippen molar-refractivity contribution in [1.82, 2.24) is 0 Å². The minimum Gasteiger partial charge on any atom is -0.376 e. The number of amides is 2. The lowest BCUT2D eigenvalue weighted by molar-refractivity contribution is -0.117. The van der Waals surface area contributed by atoms with Crippen LogP contribution >= 0.6 is 11.3 Å². The molecule has 26 heavy (non-hydrogen) atoms. The number of anilines is 1. The van der Waals surface area contributed by atoms with Gasteiger partial charge < -0.3 is 15.8 Å². The molecule has 3 rings (SSSR count). The van der Waals surface area contributed by atoms with Crippen molar-refractivity contribution in [3.8, 4) is 0 Å². The Morgan fingerprint density at radius 1 is 1.23 bits per heavy atom. The third-order valence-corrected chi connectivity index (χ3v) is 6.61. The van der Waals surface area contributed by atoms with Crippen LogP contribution in [-0.2, 0) is 22.6 Å². The average molecular weight is 379 g/mol. The number of carbonyl (C=O) groups is 2. The zero-order valence-electron chi connectivity index (χ0n) is 15.6. The molecule has 1 aliphatic carbocycles. The van der Waals surface area contributed by atoms with Crippen LogP contribution in [0.5, 0.6) is 0 Å². The van der Waals surface area contributed by atoms with Crippen molar-refractivity contribution in [2.75, 3.05) is 11.9 Å². The Balaban J connectivity index is 1.49. The van der Waals surface area contributed by atoms with E-state index in [4.69, 9.17) is 10.5 Å². The average Bonchev–Trinajstić information content (AvgIpc) is 3.30. The third kappa shape index (κ3) is 4.65. The molecule has 5 nitrogen and oxygen atoms in total. The summed E-state index contributed by atoms with van der Waals surface area (Å²) >= 11 is 1.44. The predicted octanol–water partition coefficient (Wildman–Crippen LogP) is 4.24. The second kappa shape index (κ2) is 9.00. The topological polar surface area (TPSA) is 81.4 Å². The van der Waals surface area contributed by atoms with Gasteiger partial charge in [0, 0.05) is 10.8 Å². The highest BCUT2D eigenvalue weighted by Gasteiger charge is 2.42. The molecule has 144 valence electrons. The Morgan fingerprint density at radius 2 is 2.00 bits per heavy atom. The van der Waals surface area contributed by atoms with Crippen molar-refractivity contribution in [3.63, 3.8) is 0 Å². The van der Waals surface area contributed by atoms with Crippen LogP contribution in [0, 0.1) is 11.8 Å². The number of fused-ring (bicyclic) bond motifs is 1. The summed E-state index contributed by atoms with van der Waals surface area (Å²) in [4.78, 5) is 25.4. The molecule has 0 radical (unpaired) electrons. The number of carbonyl (C=O) groups excluding carboxylic acids is 2. The molecular weight excluding hydrogens is 348 g/mol. The van der Waals surface area contributed by atoms with Crippen molar-refractivity contribution >= 4 is 28.2 Å². The lowest BCUT2D eigenvalue weighted by Crippen LogP contribution is -2.20. The quantitative estimate of drug-likeness (QED) is 0.597. The number of ether oxygens (including phenoxy) is 1. The summed E-state index contributed by atoms with van der Waals surface area (Å²) < 4.78 is 5.45. The van der Waals surface area contributed by atoms with Crippen molar-refractivity contribution in [2.24, 2.45) is 17.6 Å². The minimum absolute atomic E-state index is 0.0444. The van der Waals surface area contributed by atoms with Crippen LogP contribution in [-0.4, -0.2) is 18.4 Å². The summed E-state index contributed by atoms with van der Waals surface area (Å²) in [5.74, 6) is 0.194. The van der Waals surface area contributed by atoms with Crippen LogP contribution in [0.15, 0.2) is 0 Å². The molecule has 2 amide bonds. The SMILES string of the molecule is CCCCCCCCC1CC1C(=O)Nc1sc2c(c1C(N)=O)CCOC2. The third-order valence-electron chi connectivity index (χ3n) is 5.49. The number of hydrogen-bond donors (Lipinski definition) is 2. The molecule has 1 aromatic rings. The van der Waals surface area contributed by atoms with Crippen LogP contribution < -0.4 is 11.1 Å². The summed E-state index contributed by atoms with van der Waals surface area (Å²) in [7, 11) is 0. The summed E-state index contributed by atoms with van der Waals surface area (Å²) in [6, 6.07) is 0. The van der Waals surface area contributed by atoms with Gasteiger partial charge in [-0.25, -0.2) is 0 Å². The predicted molar refractivity (Wildman–Crippen MR) is 104 cm³/mol. The van der Waals surface area contributed by atoms with E-state index in [9.17, 15) is 9.59 Å². The molecule has 3 N–H and O–H groups in total. The van der Waals surface area contributed by atoms with Crippen LogP contribution in [0.2, 0.25) is 0 Å². The first-order valence-electron chi connectivity index (χ1n) is 9.94. The van der Waals surface area contributed by atoms with Crippen molar-refractivity contribution in [1.29, 1.82) is 0 Å². The van der Waals surface area contributed by atoms with Gasteiger partial charge in [-0.1, -0.05) is 45.4 Å². The van der Waals surface area contributed by atoms with E-state index in [2.05, 4.69) is 12.2 Å². The number of nitrogens with two attached hydrogens (primary N) is 1. The van der Waals surface area contributed by atoms with Crippen LogP contribution in [0.4, 0.5) is 5.00 Å². The van der Waals surface area contributed by atoms with Gasteiger partial charge in [-0.15, -0.1) is 11.3 Å². The molecule has 2 aliphatic rings. The van der Waals surface area contributed by atoms with Crippen LogP contribution in [0.3, 0.4) is 0 Å². The second-order valence-corrected chi connectivity index (χ2v) is 8.63. The number of nitrogens with one attached hydrogen (secondary N) is 1. The highest BCUT2D eigenvalue weighted by atomic mass is 32.1. The smallest absolute Gasteiger partial charge is 0.251 e. The number of unbranched alkanes of at least 4 members (excludes halogenated alkanes) is 5. The molecular formula is C20H30N2O3S. The molecule has 0 saturated heterocycles. The Labute approximate surface area is 159 Å². The molecule has 2 unspecified atom stereocenters. The maximum absolute atomic E-state index is 12.6. The number of thiophene rings is 1. The van der Waals surface area contributed by atoms with E-state index in [1.807, 2.05) is 0 Å². The van der Waals surface area contributed by atoms with Gasteiger partial charge in [0.05, 0.1) is 18.8 Å². The monoisotopic (exact) mass is 378 g/mol. The summed E-state index contributed by atoms with van der Waals surface area (Å²) in [6.45, 7) is 3.33. The summed E-state index contributed by atoms with van der Waals surface area (Å²) in [5.41, 5.74) is 7.03. The zero-order chi connectivity index (χ0) is 18.5.